The first kappa shape index (κ1) is 21.7. The van der Waals surface area contributed by atoms with Crippen LogP contribution in [-0.2, 0) is 16.6 Å². The topological polar surface area (TPSA) is 71.3 Å². The zero-order valence-electron chi connectivity index (χ0n) is 17.0. The summed E-state index contributed by atoms with van der Waals surface area (Å²) in [6.07, 6.45) is 5.47. The van der Waals surface area contributed by atoms with Crippen LogP contribution < -0.4 is 10.0 Å². The van der Waals surface area contributed by atoms with Crippen molar-refractivity contribution in [2.24, 2.45) is 5.92 Å². The molecule has 0 unspecified atom stereocenters. The maximum Gasteiger partial charge on any atom is 0.241 e. The Kier molecular flexibility index (Phi) is 7.25. The maximum atomic E-state index is 12.8. The fourth-order valence-electron chi connectivity index (χ4n) is 2.96. The molecule has 0 aliphatic carbocycles. The summed E-state index contributed by atoms with van der Waals surface area (Å²) in [7, 11) is -3.58. The minimum Gasteiger partial charge on any atom is -0.472 e. The van der Waals surface area contributed by atoms with Gasteiger partial charge in [0.15, 0.2) is 0 Å². The van der Waals surface area contributed by atoms with Gasteiger partial charge >= 0.3 is 0 Å². The molecule has 2 N–H and O–H groups in total. The summed E-state index contributed by atoms with van der Waals surface area (Å²) >= 11 is 0. The van der Waals surface area contributed by atoms with Gasteiger partial charge in [0.05, 0.1) is 17.4 Å². The molecule has 0 amide bonds. The van der Waals surface area contributed by atoms with Gasteiger partial charge in [-0.15, -0.1) is 0 Å². The summed E-state index contributed by atoms with van der Waals surface area (Å²) in [4.78, 5) is 0.322. The number of hydrogen-bond donors (Lipinski definition) is 2. The molecule has 1 aromatic carbocycles. The summed E-state index contributed by atoms with van der Waals surface area (Å²) in [5.74, 6) is 0.602. The van der Waals surface area contributed by atoms with Crippen molar-refractivity contribution in [3.8, 4) is 0 Å². The number of rotatable bonds is 9. The van der Waals surface area contributed by atoms with E-state index in [9.17, 15) is 8.42 Å². The van der Waals surface area contributed by atoms with Crippen LogP contribution in [0.5, 0.6) is 0 Å². The van der Waals surface area contributed by atoms with Gasteiger partial charge in [-0.1, -0.05) is 32.0 Å². The molecule has 0 aliphatic rings. The van der Waals surface area contributed by atoms with E-state index in [-0.39, 0.29) is 6.04 Å². The Morgan fingerprint density at radius 2 is 1.78 bits per heavy atom. The molecule has 0 radical (unpaired) electrons. The molecule has 0 bridgehead atoms. The van der Waals surface area contributed by atoms with Crippen molar-refractivity contribution < 1.29 is 12.8 Å². The van der Waals surface area contributed by atoms with Crippen LogP contribution >= 0.6 is 0 Å². The number of furan rings is 1. The molecule has 6 heteroatoms. The molecule has 0 fully saturated rings. The highest BCUT2D eigenvalue weighted by atomic mass is 32.2. The number of nitrogens with one attached hydrogen (secondary N) is 2. The van der Waals surface area contributed by atoms with Crippen LogP contribution in [0.2, 0.25) is 0 Å². The maximum absolute atomic E-state index is 12.8. The molecule has 1 heterocycles. The SMILES string of the molecule is CC(C)CC[C@H](NCc1ccccc1S(=O)(=O)NC(C)(C)C)c1ccoc1. The van der Waals surface area contributed by atoms with E-state index in [1.54, 1.807) is 24.7 Å². The Bertz CT molecular complexity index is 806. The lowest BCUT2D eigenvalue weighted by Gasteiger charge is -2.23. The third kappa shape index (κ3) is 6.79. The van der Waals surface area contributed by atoms with Gasteiger partial charge in [0.25, 0.3) is 0 Å². The molecule has 2 rings (SSSR count). The average Bonchev–Trinajstić information content (AvgIpc) is 3.07. The number of sulfonamides is 1. The van der Waals surface area contributed by atoms with Gasteiger partial charge in [-0.05, 0) is 57.2 Å². The first-order valence-electron chi connectivity index (χ1n) is 9.46. The Labute approximate surface area is 163 Å². The van der Waals surface area contributed by atoms with Gasteiger partial charge in [-0.3, -0.25) is 0 Å². The summed E-state index contributed by atoms with van der Waals surface area (Å²) in [5, 5.41) is 3.52. The second-order valence-electron chi connectivity index (χ2n) is 8.42. The van der Waals surface area contributed by atoms with Gasteiger partial charge in [-0.2, -0.15) is 0 Å². The molecule has 1 atom stereocenters. The van der Waals surface area contributed by atoms with Gasteiger partial charge in [0.1, 0.15) is 0 Å². The van der Waals surface area contributed by atoms with E-state index in [4.69, 9.17) is 4.42 Å². The van der Waals surface area contributed by atoms with E-state index >= 15 is 0 Å². The normalized spacial score (nSPS) is 13.9. The monoisotopic (exact) mass is 392 g/mol. The Morgan fingerprint density at radius 1 is 1.07 bits per heavy atom. The fourth-order valence-corrected chi connectivity index (χ4v) is 4.62. The highest BCUT2D eigenvalue weighted by Gasteiger charge is 2.24. The lowest BCUT2D eigenvalue weighted by atomic mass is 9.99. The summed E-state index contributed by atoms with van der Waals surface area (Å²) in [5.41, 5.74) is 1.31. The minimum absolute atomic E-state index is 0.123. The van der Waals surface area contributed by atoms with Crippen LogP contribution in [0.15, 0.2) is 52.2 Å². The number of benzene rings is 1. The third-order valence-electron chi connectivity index (χ3n) is 4.22. The third-order valence-corrected chi connectivity index (χ3v) is 6.08. The average molecular weight is 393 g/mol. The summed E-state index contributed by atoms with van der Waals surface area (Å²) in [6.45, 7) is 10.4. The van der Waals surface area contributed by atoms with Crippen molar-refractivity contribution in [2.45, 2.75) is 70.5 Å². The summed E-state index contributed by atoms with van der Waals surface area (Å²) in [6, 6.07) is 9.23. The molecule has 0 saturated heterocycles. The predicted molar refractivity (Wildman–Crippen MR) is 109 cm³/mol. The summed E-state index contributed by atoms with van der Waals surface area (Å²) < 4.78 is 33.6. The van der Waals surface area contributed by atoms with Gasteiger partial charge < -0.3 is 9.73 Å². The van der Waals surface area contributed by atoms with Crippen LogP contribution in [0.3, 0.4) is 0 Å². The molecule has 5 nitrogen and oxygen atoms in total. The first-order chi connectivity index (χ1) is 12.6. The van der Waals surface area contributed by atoms with E-state index in [0.717, 1.165) is 24.0 Å². The van der Waals surface area contributed by atoms with Crippen LogP contribution in [0, 0.1) is 5.92 Å². The molecule has 0 spiro atoms. The fraction of sp³-hybridized carbons (Fsp3) is 0.524. The Hall–Kier alpha value is -1.63. The second kappa shape index (κ2) is 9.04. The van der Waals surface area contributed by atoms with E-state index in [2.05, 4.69) is 23.9 Å². The van der Waals surface area contributed by atoms with Crippen LogP contribution in [-0.4, -0.2) is 14.0 Å². The van der Waals surface area contributed by atoms with Crippen molar-refractivity contribution >= 4 is 10.0 Å². The number of hydrogen-bond acceptors (Lipinski definition) is 4. The quantitative estimate of drug-likeness (QED) is 0.653. The molecule has 0 aliphatic heterocycles. The van der Waals surface area contributed by atoms with E-state index < -0.39 is 15.6 Å². The lowest BCUT2D eigenvalue weighted by Crippen LogP contribution is -2.41. The molecule has 0 saturated carbocycles. The molecule has 27 heavy (non-hydrogen) atoms. The predicted octanol–water partition coefficient (Wildman–Crippen LogP) is 4.62. The van der Waals surface area contributed by atoms with Crippen molar-refractivity contribution in [1.29, 1.82) is 0 Å². The molecule has 150 valence electrons. The smallest absolute Gasteiger partial charge is 0.241 e. The molecular weight excluding hydrogens is 360 g/mol. The Morgan fingerprint density at radius 3 is 2.37 bits per heavy atom. The first-order valence-corrected chi connectivity index (χ1v) is 10.9. The van der Waals surface area contributed by atoms with Gasteiger partial charge in [-0.25, -0.2) is 13.1 Å². The molecular formula is C21H32N2O3S. The van der Waals surface area contributed by atoms with Crippen molar-refractivity contribution in [1.82, 2.24) is 10.0 Å². The minimum atomic E-state index is -3.58. The highest BCUT2D eigenvalue weighted by Crippen LogP contribution is 2.24. The van der Waals surface area contributed by atoms with Crippen molar-refractivity contribution in [3.63, 3.8) is 0 Å². The van der Waals surface area contributed by atoms with E-state index in [0.29, 0.717) is 17.4 Å². The van der Waals surface area contributed by atoms with Crippen LogP contribution in [0.4, 0.5) is 0 Å². The van der Waals surface area contributed by atoms with Crippen molar-refractivity contribution in [2.75, 3.05) is 0 Å². The molecule has 2 aromatic rings. The highest BCUT2D eigenvalue weighted by molar-refractivity contribution is 7.89. The van der Waals surface area contributed by atoms with E-state index in [1.165, 1.54) is 0 Å². The van der Waals surface area contributed by atoms with Crippen LogP contribution in [0.1, 0.15) is 64.6 Å². The van der Waals surface area contributed by atoms with Gasteiger partial charge in [0, 0.05) is 23.7 Å². The lowest BCUT2D eigenvalue weighted by molar-refractivity contribution is 0.433. The van der Waals surface area contributed by atoms with Crippen molar-refractivity contribution in [3.05, 3.63) is 54.0 Å². The van der Waals surface area contributed by atoms with Gasteiger partial charge in [0.2, 0.25) is 10.0 Å². The zero-order valence-corrected chi connectivity index (χ0v) is 17.8. The van der Waals surface area contributed by atoms with E-state index in [1.807, 2.05) is 39.0 Å². The standard InChI is InChI=1S/C21H32N2O3S/c1-16(2)10-11-19(18-12-13-26-15-18)22-14-17-8-6-7-9-20(17)27(24,25)23-21(3,4)5/h6-9,12-13,15-16,19,22-23H,10-11,14H2,1-5H3/t19-/m0/s1. The molecule has 1 aromatic heterocycles. The largest absolute Gasteiger partial charge is 0.472 e. The zero-order chi connectivity index (χ0) is 20.1. The van der Waals surface area contributed by atoms with Crippen LogP contribution in [0.25, 0.3) is 0 Å². The second-order valence-corrected chi connectivity index (χ2v) is 10.1. The Balaban J connectivity index is 2.19.